The summed E-state index contributed by atoms with van der Waals surface area (Å²) in [5.41, 5.74) is 5.41. The number of nitrogens with zero attached hydrogens (tertiary/aromatic N) is 1. The van der Waals surface area contributed by atoms with Crippen LogP contribution in [0.2, 0.25) is 0 Å². The van der Waals surface area contributed by atoms with E-state index < -0.39 is 0 Å². The van der Waals surface area contributed by atoms with Crippen LogP contribution in [0, 0.1) is 0 Å². The van der Waals surface area contributed by atoms with Gasteiger partial charge in [0.1, 0.15) is 0 Å². The summed E-state index contributed by atoms with van der Waals surface area (Å²) in [6, 6.07) is 16.0. The minimum atomic E-state index is 0.000243. The molecule has 2 N–H and O–H groups in total. The van der Waals surface area contributed by atoms with Gasteiger partial charge in [-0.25, -0.2) is 0 Å². The van der Waals surface area contributed by atoms with E-state index in [9.17, 15) is 9.59 Å². The third-order valence-corrected chi connectivity index (χ3v) is 5.95. The molecular weight excluding hydrogens is 350 g/mol. The van der Waals surface area contributed by atoms with Crippen molar-refractivity contribution in [2.45, 2.75) is 38.3 Å². The van der Waals surface area contributed by atoms with Crippen LogP contribution in [0.15, 0.2) is 48.5 Å². The number of benzene rings is 2. The van der Waals surface area contributed by atoms with Gasteiger partial charge >= 0.3 is 0 Å². The van der Waals surface area contributed by atoms with Crippen molar-refractivity contribution in [1.82, 2.24) is 15.2 Å². The van der Waals surface area contributed by atoms with Crippen LogP contribution in [0.4, 0.5) is 0 Å². The number of aromatic amines is 1. The lowest BCUT2D eigenvalue weighted by Gasteiger charge is -2.24. The Bertz CT molecular complexity index is 1070. The van der Waals surface area contributed by atoms with E-state index in [-0.39, 0.29) is 17.9 Å². The number of fused-ring (bicyclic) bond motifs is 4. The Balaban J connectivity index is 1.25. The van der Waals surface area contributed by atoms with Crippen LogP contribution < -0.4 is 5.32 Å². The van der Waals surface area contributed by atoms with Crippen LogP contribution in [0.1, 0.15) is 52.5 Å². The van der Waals surface area contributed by atoms with E-state index in [4.69, 9.17) is 0 Å². The second-order valence-corrected chi connectivity index (χ2v) is 7.71. The molecule has 2 aliphatic rings. The van der Waals surface area contributed by atoms with Gasteiger partial charge in [-0.3, -0.25) is 9.59 Å². The maximum Gasteiger partial charge on any atom is 0.254 e. The van der Waals surface area contributed by atoms with Crippen molar-refractivity contribution in [3.63, 3.8) is 0 Å². The topological polar surface area (TPSA) is 65.2 Å². The van der Waals surface area contributed by atoms with Crippen molar-refractivity contribution in [2.75, 3.05) is 6.54 Å². The number of aryl methyl sites for hydroxylation is 1. The van der Waals surface area contributed by atoms with E-state index in [1.807, 2.05) is 30.3 Å². The predicted octanol–water partition coefficient (Wildman–Crippen LogP) is 3.71. The number of amides is 2. The van der Waals surface area contributed by atoms with Crippen molar-refractivity contribution in [3.8, 4) is 0 Å². The number of carbonyl (C=O) groups excluding carboxylic acids is 2. The lowest BCUT2D eigenvalue weighted by molar-refractivity contribution is -0.122. The Morgan fingerprint density at radius 3 is 2.86 bits per heavy atom. The molecule has 1 aromatic heterocycles. The Morgan fingerprint density at radius 1 is 1.14 bits per heavy atom. The van der Waals surface area contributed by atoms with Crippen LogP contribution >= 0.6 is 0 Å². The van der Waals surface area contributed by atoms with Gasteiger partial charge < -0.3 is 15.2 Å². The fourth-order valence-electron chi connectivity index (χ4n) is 4.56. The van der Waals surface area contributed by atoms with E-state index in [0.717, 1.165) is 41.6 Å². The highest BCUT2D eigenvalue weighted by Gasteiger charge is 2.28. The van der Waals surface area contributed by atoms with E-state index >= 15 is 0 Å². The highest BCUT2D eigenvalue weighted by Crippen LogP contribution is 2.34. The normalized spacial score (nSPS) is 18.2. The zero-order valence-corrected chi connectivity index (χ0v) is 15.7. The van der Waals surface area contributed by atoms with E-state index in [1.165, 1.54) is 10.9 Å². The highest BCUT2D eigenvalue weighted by atomic mass is 16.2. The summed E-state index contributed by atoms with van der Waals surface area (Å²) >= 11 is 0. The summed E-state index contributed by atoms with van der Waals surface area (Å²) in [5.74, 6) is 0.0271. The van der Waals surface area contributed by atoms with Gasteiger partial charge in [0.25, 0.3) is 5.91 Å². The van der Waals surface area contributed by atoms with E-state index in [2.05, 4.69) is 28.5 Å². The molecule has 0 saturated heterocycles. The zero-order valence-electron chi connectivity index (χ0n) is 15.7. The molecule has 2 aromatic carbocycles. The number of para-hydroxylation sites is 1. The molecule has 5 rings (SSSR count). The standard InChI is InChI=1S/C23H23N3O2/c27-21(12-13-26-14-15-6-1-2-7-16(15)23(26)28)24-20-11-5-9-18-17-8-3-4-10-19(17)25-22(18)20/h1-4,6-8,10,20,25H,5,9,11-14H2,(H,24,27). The van der Waals surface area contributed by atoms with Gasteiger partial charge in [0, 0.05) is 41.7 Å². The molecule has 0 fully saturated rings. The summed E-state index contributed by atoms with van der Waals surface area (Å²) in [7, 11) is 0. The Labute approximate surface area is 163 Å². The number of nitrogens with one attached hydrogen (secondary N) is 2. The molecule has 0 saturated carbocycles. The van der Waals surface area contributed by atoms with Gasteiger partial charge in [-0.15, -0.1) is 0 Å². The van der Waals surface area contributed by atoms with Gasteiger partial charge in [0.15, 0.2) is 0 Å². The SMILES string of the molecule is O=C(CCN1Cc2ccccc2C1=O)NC1CCCc2c1[nH]c1ccccc21. The Hall–Kier alpha value is -3.08. The molecule has 1 aliphatic heterocycles. The van der Waals surface area contributed by atoms with Crippen LogP contribution in [-0.2, 0) is 17.8 Å². The summed E-state index contributed by atoms with van der Waals surface area (Å²) in [4.78, 5) is 30.3. The van der Waals surface area contributed by atoms with Crippen molar-refractivity contribution in [1.29, 1.82) is 0 Å². The molecule has 1 aliphatic carbocycles. The van der Waals surface area contributed by atoms with Crippen molar-refractivity contribution in [2.24, 2.45) is 0 Å². The molecule has 5 nitrogen and oxygen atoms in total. The lowest BCUT2D eigenvalue weighted by atomic mass is 9.91. The Morgan fingerprint density at radius 2 is 1.96 bits per heavy atom. The first-order chi connectivity index (χ1) is 13.7. The van der Waals surface area contributed by atoms with Gasteiger partial charge in [0.05, 0.1) is 6.04 Å². The van der Waals surface area contributed by atoms with Gasteiger partial charge in [-0.05, 0) is 42.5 Å². The third-order valence-electron chi connectivity index (χ3n) is 5.95. The first kappa shape index (κ1) is 17.0. The molecule has 2 heterocycles. The van der Waals surface area contributed by atoms with Crippen molar-refractivity contribution < 1.29 is 9.59 Å². The fraction of sp³-hybridized carbons (Fsp3) is 0.304. The predicted molar refractivity (Wildman–Crippen MR) is 108 cm³/mol. The summed E-state index contributed by atoms with van der Waals surface area (Å²) in [6.45, 7) is 1.05. The third kappa shape index (κ3) is 2.87. The van der Waals surface area contributed by atoms with Crippen molar-refractivity contribution in [3.05, 3.63) is 70.9 Å². The number of H-pyrrole nitrogens is 1. The molecule has 1 atom stereocenters. The van der Waals surface area contributed by atoms with E-state index in [1.54, 1.807) is 4.90 Å². The fourth-order valence-corrected chi connectivity index (χ4v) is 4.56. The monoisotopic (exact) mass is 373 g/mol. The molecular formula is C23H23N3O2. The number of hydrogen-bond acceptors (Lipinski definition) is 2. The molecule has 28 heavy (non-hydrogen) atoms. The summed E-state index contributed by atoms with van der Waals surface area (Å²) in [5, 5.41) is 4.45. The maximum atomic E-state index is 12.6. The number of aromatic nitrogens is 1. The largest absolute Gasteiger partial charge is 0.356 e. The van der Waals surface area contributed by atoms with Crippen LogP contribution in [0.25, 0.3) is 10.9 Å². The highest BCUT2D eigenvalue weighted by molar-refractivity contribution is 5.98. The molecule has 0 spiro atoms. The van der Waals surface area contributed by atoms with Gasteiger partial charge in [-0.2, -0.15) is 0 Å². The maximum absolute atomic E-state index is 12.6. The average Bonchev–Trinajstić information content (AvgIpc) is 3.25. The second kappa shape index (κ2) is 6.82. The smallest absolute Gasteiger partial charge is 0.254 e. The van der Waals surface area contributed by atoms with E-state index in [0.29, 0.717) is 19.5 Å². The van der Waals surface area contributed by atoms with Gasteiger partial charge in [0.2, 0.25) is 5.91 Å². The molecule has 5 heteroatoms. The summed E-state index contributed by atoms with van der Waals surface area (Å²) < 4.78 is 0. The first-order valence-corrected chi connectivity index (χ1v) is 9.97. The quantitative estimate of drug-likeness (QED) is 0.732. The number of hydrogen-bond donors (Lipinski definition) is 2. The number of rotatable bonds is 4. The molecule has 0 radical (unpaired) electrons. The first-order valence-electron chi connectivity index (χ1n) is 9.97. The lowest BCUT2D eigenvalue weighted by Crippen LogP contribution is -2.34. The number of carbonyl (C=O) groups is 2. The summed E-state index contributed by atoms with van der Waals surface area (Å²) in [6.07, 6.45) is 3.39. The second-order valence-electron chi connectivity index (χ2n) is 7.71. The molecule has 1 unspecified atom stereocenters. The minimum absolute atomic E-state index is 0.000243. The van der Waals surface area contributed by atoms with Crippen LogP contribution in [-0.4, -0.2) is 28.2 Å². The van der Waals surface area contributed by atoms with Gasteiger partial charge in [-0.1, -0.05) is 36.4 Å². The molecule has 2 amide bonds. The Kier molecular flexibility index (Phi) is 4.15. The molecule has 3 aromatic rings. The minimum Gasteiger partial charge on any atom is -0.356 e. The van der Waals surface area contributed by atoms with Crippen molar-refractivity contribution >= 4 is 22.7 Å². The molecule has 142 valence electrons. The average molecular weight is 373 g/mol. The zero-order chi connectivity index (χ0) is 19.1. The molecule has 0 bridgehead atoms. The van der Waals surface area contributed by atoms with Crippen LogP contribution in [0.5, 0.6) is 0 Å². The van der Waals surface area contributed by atoms with Crippen LogP contribution in [0.3, 0.4) is 0 Å².